The maximum Gasteiger partial charge on any atom is 0.173 e. The van der Waals surface area contributed by atoms with Crippen LogP contribution in [-0.4, -0.2) is 56.4 Å². The highest BCUT2D eigenvalue weighted by atomic mass is 32.2. The van der Waals surface area contributed by atoms with Gasteiger partial charge in [0.25, 0.3) is 0 Å². The SMILES string of the molecule is S=C(Nc1ccc(NSC2CC2)cc1)N1CCN(c2ncnc3[nH]c4ccccc4c23)CC1. The lowest BCUT2D eigenvalue weighted by Gasteiger charge is -2.37. The highest BCUT2D eigenvalue weighted by molar-refractivity contribution is 8.01. The summed E-state index contributed by atoms with van der Waals surface area (Å²) in [5.41, 5.74) is 4.12. The van der Waals surface area contributed by atoms with Crippen LogP contribution in [0.3, 0.4) is 0 Å². The van der Waals surface area contributed by atoms with E-state index in [1.165, 1.54) is 12.8 Å². The number of benzene rings is 2. The van der Waals surface area contributed by atoms with Crippen LogP contribution in [0.2, 0.25) is 0 Å². The third kappa shape index (κ3) is 4.30. The Morgan fingerprint density at radius 3 is 2.52 bits per heavy atom. The molecule has 1 saturated heterocycles. The zero-order valence-corrected chi connectivity index (χ0v) is 19.8. The van der Waals surface area contributed by atoms with E-state index in [1.54, 1.807) is 6.33 Å². The van der Waals surface area contributed by atoms with Crippen LogP contribution in [0, 0.1) is 0 Å². The van der Waals surface area contributed by atoms with Gasteiger partial charge in [0.1, 0.15) is 17.8 Å². The maximum absolute atomic E-state index is 5.71. The van der Waals surface area contributed by atoms with E-state index in [9.17, 15) is 0 Å². The van der Waals surface area contributed by atoms with Gasteiger partial charge in [-0.15, -0.1) is 0 Å². The normalized spacial score (nSPS) is 16.4. The van der Waals surface area contributed by atoms with Gasteiger partial charge < -0.3 is 24.8 Å². The number of aromatic amines is 1. The minimum absolute atomic E-state index is 0.766. The number of aromatic nitrogens is 3. The molecule has 0 atom stereocenters. The second-order valence-electron chi connectivity index (χ2n) is 8.49. The Labute approximate surface area is 202 Å². The van der Waals surface area contributed by atoms with Crippen molar-refractivity contribution < 1.29 is 0 Å². The molecular weight excluding hydrogens is 450 g/mol. The monoisotopic (exact) mass is 475 g/mol. The molecule has 3 heterocycles. The molecule has 0 amide bonds. The molecule has 0 radical (unpaired) electrons. The van der Waals surface area contributed by atoms with Crippen LogP contribution in [0.25, 0.3) is 21.9 Å². The van der Waals surface area contributed by atoms with Crippen LogP contribution < -0.4 is 14.9 Å². The Morgan fingerprint density at radius 2 is 1.73 bits per heavy atom. The van der Waals surface area contributed by atoms with E-state index in [0.717, 1.165) is 75.7 Å². The largest absolute Gasteiger partial charge is 0.352 e. The number of rotatable bonds is 5. The molecule has 1 aliphatic heterocycles. The summed E-state index contributed by atoms with van der Waals surface area (Å²) in [5.74, 6) is 0.989. The van der Waals surface area contributed by atoms with Crippen LogP contribution >= 0.6 is 24.2 Å². The smallest absolute Gasteiger partial charge is 0.173 e. The number of nitrogens with zero attached hydrogens (tertiary/aromatic N) is 4. The quantitative estimate of drug-likeness (QED) is 0.279. The number of anilines is 3. The Balaban J connectivity index is 1.10. The molecule has 2 aromatic heterocycles. The van der Waals surface area contributed by atoms with Gasteiger partial charge in [0, 0.05) is 53.7 Å². The summed E-state index contributed by atoms with van der Waals surface area (Å²) in [4.78, 5) is 17.1. The van der Waals surface area contributed by atoms with E-state index in [1.807, 2.05) is 18.0 Å². The summed E-state index contributed by atoms with van der Waals surface area (Å²) < 4.78 is 3.42. The van der Waals surface area contributed by atoms with Crippen molar-refractivity contribution in [3.8, 4) is 0 Å². The van der Waals surface area contributed by atoms with Gasteiger partial charge in [0.2, 0.25) is 0 Å². The zero-order valence-electron chi connectivity index (χ0n) is 18.1. The van der Waals surface area contributed by atoms with E-state index in [-0.39, 0.29) is 0 Å². The summed E-state index contributed by atoms with van der Waals surface area (Å²) in [6.45, 7) is 3.40. The summed E-state index contributed by atoms with van der Waals surface area (Å²) in [5, 5.41) is 7.20. The molecule has 2 aromatic carbocycles. The fourth-order valence-electron chi connectivity index (χ4n) is 4.18. The van der Waals surface area contributed by atoms with Gasteiger partial charge in [0.15, 0.2) is 5.11 Å². The van der Waals surface area contributed by atoms with E-state index in [0.29, 0.717) is 0 Å². The number of hydrogen-bond acceptors (Lipinski definition) is 6. The lowest BCUT2D eigenvalue weighted by atomic mass is 10.2. The lowest BCUT2D eigenvalue weighted by molar-refractivity contribution is 0.390. The minimum Gasteiger partial charge on any atom is -0.352 e. The Bertz CT molecular complexity index is 1290. The number of hydrogen-bond donors (Lipinski definition) is 3. The number of nitrogens with one attached hydrogen (secondary N) is 3. The van der Waals surface area contributed by atoms with Crippen molar-refractivity contribution >= 4 is 68.4 Å². The van der Waals surface area contributed by atoms with E-state index in [2.05, 4.69) is 77.3 Å². The summed E-state index contributed by atoms with van der Waals surface area (Å²) in [7, 11) is 0. The van der Waals surface area contributed by atoms with Crippen LogP contribution in [0.5, 0.6) is 0 Å². The van der Waals surface area contributed by atoms with Crippen LogP contribution in [0.1, 0.15) is 12.8 Å². The van der Waals surface area contributed by atoms with Crippen molar-refractivity contribution in [2.75, 3.05) is 41.1 Å². The fraction of sp³-hybridized carbons (Fsp3) is 0.292. The van der Waals surface area contributed by atoms with Gasteiger partial charge >= 0.3 is 0 Å². The topological polar surface area (TPSA) is 72.1 Å². The Morgan fingerprint density at radius 1 is 0.970 bits per heavy atom. The molecule has 2 aliphatic rings. The second-order valence-corrected chi connectivity index (χ2v) is 9.99. The minimum atomic E-state index is 0.766. The summed E-state index contributed by atoms with van der Waals surface area (Å²) in [6.07, 6.45) is 4.29. The van der Waals surface area contributed by atoms with Crippen molar-refractivity contribution in [3.63, 3.8) is 0 Å². The predicted octanol–water partition coefficient (Wildman–Crippen LogP) is 4.85. The number of piperazine rings is 1. The summed E-state index contributed by atoms with van der Waals surface area (Å²) >= 11 is 7.53. The average molecular weight is 476 g/mol. The van der Waals surface area contributed by atoms with Crippen LogP contribution in [0.15, 0.2) is 54.9 Å². The molecule has 0 unspecified atom stereocenters. The molecule has 7 nitrogen and oxygen atoms in total. The first-order valence-electron chi connectivity index (χ1n) is 11.3. The molecule has 9 heteroatoms. The van der Waals surface area contributed by atoms with E-state index >= 15 is 0 Å². The zero-order chi connectivity index (χ0) is 22.2. The number of fused-ring (bicyclic) bond motifs is 3. The lowest BCUT2D eigenvalue weighted by Crippen LogP contribution is -2.50. The van der Waals surface area contributed by atoms with Crippen molar-refractivity contribution in [2.45, 2.75) is 18.1 Å². The number of H-pyrrole nitrogens is 1. The van der Waals surface area contributed by atoms with Crippen molar-refractivity contribution in [1.29, 1.82) is 0 Å². The molecular formula is C24H25N7S2. The molecule has 1 aliphatic carbocycles. The van der Waals surface area contributed by atoms with Crippen LogP contribution in [-0.2, 0) is 0 Å². The van der Waals surface area contributed by atoms with Gasteiger partial charge in [-0.25, -0.2) is 9.97 Å². The molecule has 0 bridgehead atoms. The molecule has 1 saturated carbocycles. The number of thiocarbonyl (C=S) groups is 1. The highest BCUT2D eigenvalue weighted by Crippen LogP contribution is 2.34. The first-order valence-corrected chi connectivity index (χ1v) is 12.6. The van der Waals surface area contributed by atoms with Gasteiger partial charge in [-0.3, -0.25) is 0 Å². The predicted molar refractivity (Wildman–Crippen MR) is 142 cm³/mol. The van der Waals surface area contributed by atoms with Gasteiger partial charge in [-0.05, 0) is 67.3 Å². The average Bonchev–Trinajstić information content (AvgIpc) is 3.61. The molecule has 6 rings (SSSR count). The molecule has 4 aromatic rings. The van der Waals surface area contributed by atoms with Crippen molar-refractivity contribution in [2.24, 2.45) is 0 Å². The fourth-order valence-corrected chi connectivity index (χ4v) is 5.29. The molecule has 2 fully saturated rings. The Hall–Kier alpha value is -3.04. The van der Waals surface area contributed by atoms with Crippen molar-refractivity contribution in [1.82, 2.24) is 19.9 Å². The molecule has 3 N–H and O–H groups in total. The van der Waals surface area contributed by atoms with Gasteiger partial charge in [-0.2, -0.15) is 0 Å². The maximum atomic E-state index is 5.71. The van der Waals surface area contributed by atoms with Gasteiger partial charge in [0.05, 0.1) is 5.39 Å². The third-order valence-electron chi connectivity index (χ3n) is 6.15. The standard InChI is InChI=1S/C24H25N7S2/c32-24(27-16-5-7-17(8-6-16)29-33-18-9-10-18)31-13-11-30(12-14-31)23-21-19-3-1-2-4-20(19)28-22(21)25-15-26-23/h1-8,15,18,29H,9-14H2,(H,27,32)(H,25,26,28). The van der Waals surface area contributed by atoms with Crippen molar-refractivity contribution in [3.05, 3.63) is 54.9 Å². The van der Waals surface area contributed by atoms with E-state index in [4.69, 9.17) is 12.2 Å². The molecule has 33 heavy (non-hydrogen) atoms. The van der Waals surface area contributed by atoms with Crippen LogP contribution in [0.4, 0.5) is 17.2 Å². The molecule has 168 valence electrons. The third-order valence-corrected chi connectivity index (χ3v) is 7.67. The highest BCUT2D eigenvalue weighted by Gasteiger charge is 2.23. The second kappa shape index (κ2) is 8.72. The first-order chi connectivity index (χ1) is 16.2. The number of para-hydroxylation sites is 1. The Kier molecular flexibility index (Phi) is 5.43. The van der Waals surface area contributed by atoms with Gasteiger partial charge in [-0.1, -0.05) is 18.2 Å². The van der Waals surface area contributed by atoms with E-state index < -0.39 is 0 Å². The first kappa shape index (κ1) is 20.6. The summed E-state index contributed by atoms with van der Waals surface area (Å²) in [6, 6.07) is 16.6. The molecule has 0 spiro atoms.